The van der Waals surface area contributed by atoms with Crippen molar-refractivity contribution in [1.82, 2.24) is 4.72 Å². The van der Waals surface area contributed by atoms with Crippen LogP contribution in [0.3, 0.4) is 0 Å². The average Bonchev–Trinajstić information content (AvgIpc) is 2.37. The van der Waals surface area contributed by atoms with Gasteiger partial charge in [0.1, 0.15) is 10.7 Å². The van der Waals surface area contributed by atoms with Crippen LogP contribution in [0, 0.1) is 5.82 Å². The summed E-state index contributed by atoms with van der Waals surface area (Å²) in [4.78, 5) is -0.212. The highest BCUT2D eigenvalue weighted by atomic mass is 35.5. The van der Waals surface area contributed by atoms with Crippen LogP contribution in [-0.4, -0.2) is 8.42 Å². The summed E-state index contributed by atoms with van der Waals surface area (Å²) in [6, 6.07) is 9.58. The van der Waals surface area contributed by atoms with Crippen LogP contribution < -0.4 is 4.72 Å². The van der Waals surface area contributed by atoms with Crippen LogP contribution in [-0.2, 0) is 10.0 Å². The van der Waals surface area contributed by atoms with E-state index < -0.39 is 21.9 Å². The molecule has 0 heterocycles. The summed E-state index contributed by atoms with van der Waals surface area (Å²) in [5.41, 5.74) is 0.240. The van der Waals surface area contributed by atoms with Gasteiger partial charge in [0.2, 0.25) is 10.0 Å². The minimum atomic E-state index is -3.97. The minimum absolute atomic E-state index is 0.00994. The Morgan fingerprint density at radius 3 is 2.19 bits per heavy atom. The van der Waals surface area contributed by atoms with Gasteiger partial charge in [-0.2, -0.15) is 0 Å². The lowest BCUT2D eigenvalue weighted by Gasteiger charge is -2.16. The first-order valence-corrected chi connectivity index (χ1v) is 8.27. The van der Waals surface area contributed by atoms with Gasteiger partial charge in [0.15, 0.2) is 0 Å². The van der Waals surface area contributed by atoms with E-state index in [1.165, 1.54) is 30.3 Å². The van der Waals surface area contributed by atoms with Gasteiger partial charge in [-0.3, -0.25) is 0 Å². The molecule has 1 unspecified atom stereocenters. The molecule has 7 heteroatoms. The Morgan fingerprint density at radius 1 is 1.05 bits per heavy atom. The zero-order valence-corrected chi connectivity index (χ0v) is 13.3. The smallest absolute Gasteiger partial charge is 0.207 e. The molecular formula is C14H12Cl2FNO2S. The molecular weight excluding hydrogens is 336 g/mol. The van der Waals surface area contributed by atoms with E-state index in [9.17, 15) is 12.8 Å². The maximum atomic E-state index is 13.7. The normalized spacial score (nSPS) is 13.1. The fraction of sp³-hybridized carbons (Fsp3) is 0.143. The second-order valence-electron chi connectivity index (χ2n) is 4.42. The predicted octanol–water partition coefficient (Wildman–Crippen LogP) is 4.17. The molecule has 1 atom stereocenters. The first-order valence-electron chi connectivity index (χ1n) is 6.03. The monoisotopic (exact) mass is 347 g/mol. The fourth-order valence-electron chi connectivity index (χ4n) is 1.92. The van der Waals surface area contributed by atoms with E-state index in [0.29, 0.717) is 0 Å². The van der Waals surface area contributed by atoms with Crippen molar-refractivity contribution in [3.05, 3.63) is 63.9 Å². The minimum Gasteiger partial charge on any atom is -0.207 e. The second kappa shape index (κ2) is 6.32. The van der Waals surface area contributed by atoms with Gasteiger partial charge in [-0.25, -0.2) is 17.5 Å². The summed E-state index contributed by atoms with van der Waals surface area (Å²) < 4.78 is 40.8. The number of halogens is 3. The van der Waals surface area contributed by atoms with Gasteiger partial charge in [-0.05, 0) is 25.1 Å². The largest absolute Gasteiger partial charge is 0.244 e. The average molecular weight is 348 g/mol. The molecule has 0 saturated heterocycles. The number of sulfonamides is 1. The van der Waals surface area contributed by atoms with Crippen molar-refractivity contribution in [2.75, 3.05) is 0 Å². The molecule has 0 radical (unpaired) electrons. The summed E-state index contributed by atoms with van der Waals surface area (Å²) >= 11 is 11.8. The Labute approximate surface area is 132 Å². The van der Waals surface area contributed by atoms with Crippen LogP contribution in [0.15, 0.2) is 47.4 Å². The van der Waals surface area contributed by atoms with Gasteiger partial charge in [0, 0.05) is 11.6 Å². The van der Waals surface area contributed by atoms with Crippen molar-refractivity contribution >= 4 is 33.2 Å². The molecule has 21 heavy (non-hydrogen) atoms. The number of benzene rings is 2. The van der Waals surface area contributed by atoms with Crippen LogP contribution in [0.4, 0.5) is 4.39 Å². The molecule has 0 spiro atoms. The molecule has 0 amide bonds. The lowest BCUT2D eigenvalue weighted by Crippen LogP contribution is -2.28. The first kappa shape index (κ1) is 16.2. The van der Waals surface area contributed by atoms with Gasteiger partial charge in [-0.1, -0.05) is 47.5 Å². The second-order valence-corrected chi connectivity index (χ2v) is 6.88. The maximum Gasteiger partial charge on any atom is 0.244 e. The van der Waals surface area contributed by atoms with Crippen LogP contribution in [0.2, 0.25) is 10.0 Å². The van der Waals surface area contributed by atoms with E-state index in [2.05, 4.69) is 4.72 Å². The summed E-state index contributed by atoms with van der Waals surface area (Å²) in [6.07, 6.45) is 0. The molecule has 0 fully saturated rings. The van der Waals surface area contributed by atoms with Crippen molar-refractivity contribution in [2.24, 2.45) is 0 Å². The molecule has 0 saturated carbocycles. The van der Waals surface area contributed by atoms with Gasteiger partial charge in [0.05, 0.1) is 10.0 Å². The fourth-order valence-corrected chi connectivity index (χ4v) is 4.29. The van der Waals surface area contributed by atoms with E-state index in [1.54, 1.807) is 19.1 Å². The standard InChI is InChI=1S/C14H12Cl2FNO2S/c1-9(10-5-2-3-8-13(10)17)18-21(19,20)14-11(15)6-4-7-12(14)16/h2-9,18H,1H3. The molecule has 0 aromatic heterocycles. The van der Waals surface area contributed by atoms with Gasteiger partial charge >= 0.3 is 0 Å². The third-order valence-electron chi connectivity index (χ3n) is 2.89. The third kappa shape index (κ3) is 3.55. The highest BCUT2D eigenvalue weighted by molar-refractivity contribution is 7.89. The molecule has 0 aliphatic heterocycles. The third-order valence-corrected chi connectivity index (χ3v) is 5.39. The number of rotatable bonds is 4. The number of nitrogens with one attached hydrogen (secondary N) is 1. The lowest BCUT2D eigenvalue weighted by atomic mass is 10.1. The van der Waals surface area contributed by atoms with Crippen molar-refractivity contribution in [2.45, 2.75) is 17.9 Å². The SMILES string of the molecule is CC(NS(=O)(=O)c1c(Cl)cccc1Cl)c1ccccc1F. The Morgan fingerprint density at radius 2 is 1.62 bits per heavy atom. The Hall–Kier alpha value is -1.14. The summed E-state index contributed by atoms with van der Waals surface area (Å²) in [7, 11) is -3.97. The van der Waals surface area contributed by atoms with Gasteiger partial charge in [0.25, 0.3) is 0 Å². The molecule has 0 bridgehead atoms. The maximum absolute atomic E-state index is 13.7. The number of hydrogen-bond acceptors (Lipinski definition) is 2. The number of hydrogen-bond donors (Lipinski definition) is 1. The first-order chi connectivity index (χ1) is 9.83. The van der Waals surface area contributed by atoms with E-state index >= 15 is 0 Å². The highest BCUT2D eigenvalue weighted by Crippen LogP contribution is 2.30. The van der Waals surface area contributed by atoms with Crippen LogP contribution >= 0.6 is 23.2 Å². The Kier molecular flexibility index (Phi) is 4.88. The zero-order valence-electron chi connectivity index (χ0n) is 11.0. The van der Waals surface area contributed by atoms with Crippen molar-refractivity contribution in [1.29, 1.82) is 0 Å². The quantitative estimate of drug-likeness (QED) is 0.901. The zero-order chi connectivity index (χ0) is 15.6. The molecule has 112 valence electrons. The van der Waals surface area contributed by atoms with E-state index in [1.807, 2.05) is 0 Å². The van der Waals surface area contributed by atoms with E-state index in [4.69, 9.17) is 23.2 Å². The summed E-state index contributed by atoms with van der Waals surface area (Å²) in [5.74, 6) is -0.488. The van der Waals surface area contributed by atoms with Gasteiger partial charge < -0.3 is 0 Å². The van der Waals surface area contributed by atoms with Crippen molar-refractivity contribution in [3.8, 4) is 0 Å². The lowest BCUT2D eigenvalue weighted by molar-refractivity contribution is 0.550. The van der Waals surface area contributed by atoms with E-state index in [0.717, 1.165) is 0 Å². The van der Waals surface area contributed by atoms with E-state index in [-0.39, 0.29) is 20.5 Å². The molecule has 3 nitrogen and oxygen atoms in total. The molecule has 1 N–H and O–H groups in total. The van der Waals surface area contributed by atoms with Crippen molar-refractivity contribution < 1.29 is 12.8 Å². The van der Waals surface area contributed by atoms with Gasteiger partial charge in [-0.15, -0.1) is 0 Å². The van der Waals surface area contributed by atoms with Crippen LogP contribution in [0.25, 0.3) is 0 Å². The molecule has 0 aliphatic rings. The summed E-state index contributed by atoms with van der Waals surface area (Å²) in [6.45, 7) is 1.54. The molecule has 2 rings (SSSR count). The van der Waals surface area contributed by atoms with Crippen LogP contribution in [0.5, 0.6) is 0 Å². The summed E-state index contributed by atoms with van der Waals surface area (Å²) in [5, 5.41) is 0.0199. The van der Waals surface area contributed by atoms with Crippen LogP contribution in [0.1, 0.15) is 18.5 Å². The predicted molar refractivity (Wildman–Crippen MR) is 81.6 cm³/mol. The Bertz CT molecular complexity index is 745. The topological polar surface area (TPSA) is 46.2 Å². The molecule has 0 aliphatic carbocycles. The molecule has 2 aromatic rings. The molecule has 2 aromatic carbocycles. The Balaban J connectivity index is 2.36. The van der Waals surface area contributed by atoms with Crippen molar-refractivity contribution in [3.63, 3.8) is 0 Å². The highest BCUT2D eigenvalue weighted by Gasteiger charge is 2.24.